The monoisotopic (exact) mass is 342 g/mol. The van der Waals surface area contributed by atoms with Crippen molar-refractivity contribution in [2.75, 3.05) is 7.11 Å². The van der Waals surface area contributed by atoms with Crippen molar-refractivity contribution in [3.63, 3.8) is 0 Å². The Balaban J connectivity index is 2.34. The van der Waals surface area contributed by atoms with Gasteiger partial charge < -0.3 is 9.72 Å². The summed E-state index contributed by atoms with van der Waals surface area (Å²) in [7, 11) is 1.58. The largest absolute Gasteiger partial charge is 0.497 e. The van der Waals surface area contributed by atoms with E-state index in [-0.39, 0.29) is 10.0 Å². The van der Waals surface area contributed by atoms with Crippen LogP contribution in [0.5, 0.6) is 5.75 Å². The van der Waals surface area contributed by atoms with E-state index in [4.69, 9.17) is 40.2 Å². The zero-order chi connectivity index (χ0) is 15.1. The molecular formula is C14H9Cl2FN2OS. The molecule has 1 aromatic heterocycles. The third-order valence-corrected chi connectivity index (χ3v) is 3.95. The van der Waals surface area contributed by atoms with Crippen LogP contribution in [0.1, 0.15) is 0 Å². The molecule has 0 radical (unpaired) electrons. The van der Waals surface area contributed by atoms with Gasteiger partial charge in [-0.1, -0.05) is 23.2 Å². The highest BCUT2D eigenvalue weighted by atomic mass is 35.5. The number of fused-ring (bicyclic) bond motifs is 1. The number of halogens is 3. The van der Waals surface area contributed by atoms with Crippen molar-refractivity contribution in [1.29, 1.82) is 0 Å². The van der Waals surface area contributed by atoms with Gasteiger partial charge in [0.25, 0.3) is 0 Å². The third kappa shape index (κ3) is 2.41. The van der Waals surface area contributed by atoms with E-state index in [0.717, 1.165) is 11.0 Å². The van der Waals surface area contributed by atoms with Gasteiger partial charge in [0.15, 0.2) is 10.6 Å². The lowest BCUT2D eigenvalue weighted by Crippen LogP contribution is -1.96. The number of methoxy groups -OCH3 is 1. The fourth-order valence-electron chi connectivity index (χ4n) is 2.14. The Morgan fingerprint density at radius 3 is 2.48 bits per heavy atom. The van der Waals surface area contributed by atoms with E-state index in [2.05, 4.69) is 4.98 Å². The number of aromatic amines is 1. The minimum absolute atomic E-state index is 0.0587. The fourth-order valence-corrected chi connectivity index (χ4v) is 2.93. The lowest BCUT2D eigenvalue weighted by atomic mass is 10.2. The lowest BCUT2D eigenvalue weighted by molar-refractivity contribution is 0.415. The molecule has 3 aromatic rings. The maximum atomic E-state index is 13.6. The zero-order valence-electron chi connectivity index (χ0n) is 10.8. The summed E-state index contributed by atoms with van der Waals surface area (Å²) in [6.45, 7) is 0. The number of H-pyrrole nitrogens is 1. The van der Waals surface area contributed by atoms with Crippen LogP contribution in [0.25, 0.3) is 16.7 Å². The van der Waals surface area contributed by atoms with Crippen LogP contribution in [0.3, 0.4) is 0 Å². The maximum Gasteiger partial charge on any atom is 0.182 e. The molecule has 2 aromatic carbocycles. The molecular weight excluding hydrogens is 334 g/mol. The molecule has 0 unspecified atom stereocenters. The molecule has 0 spiro atoms. The number of imidazole rings is 1. The summed E-state index contributed by atoms with van der Waals surface area (Å²) in [5, 5.41) is -0.117. The second-order valence-electron chi connectivity index (χ2n) is 4.37. The molecule has 0 atom stereocenters. The topological polar surface area (TPSA) is 29.9 Å². The molecule has 0 fully saturated rings. The number of hydrogen-bond donors (Lipinski definition) is 1. The first kappa shape index (κ1) is 14.4. The van der Waals surface area contributed by atoms with E-state index in [9.17, 15) is 4.39 Å². The number of aromatic nitrogens is 2. The van der Waals surface area contributed by atoms with Crippen LogP contribution in [0, 0.1) is 10.6 Å². The normalized spacial score (nSPS) is 11.0. The number of ether oxygens (including phenoxy) is 1. The van der Waals surface area contributed by atoms with Gasteiger partial charge in [-0.3, -0.25) is 4.57 Å². The molecule has 0 aliphatic rings. The highest BCUT2D eigenvalue weighted by molar-refractivity contribution is 7.71. The van der Waals surface area contributed by atoms with Gasteiger partial charge >= 0.3 is 0 Å². The summed E-state index contributed by atoms with van der Waals surface area (Å²) in [6, 6.07) is 8.46. The molecule has 0 amide bonds. The first-order valence-corrected chi connectivity index (χ1v) is 7.11. The van der Waals surface area contributed by atoms with Gasteiger partial charge in [0.05, 0.1) is 33.9 Å². The highest BCUT2D eigenvalue weighted by Gasteiger charge is 2.12. The second kappa shape index (κ2) is 5.33. The minimum Gasteiger partial charge on any atom is -0.497 e. The second-order valence-corrected chi connectivity index (χ2v) is 5.57. The quantitative estimate of drug-likeness (QED) is 0.516. The Hall–Kier alpha value is -1.56. The average Bonchev–Trinajstić information content (AvgIpc) is 2.79. The van der Waals surface area contributed by atoms with Gasteiger partial charge in [-0.25, -0.2) is 4.39 Å². The Kier molecular flexibility index (Phi) is 3.65. The van der Waals surface area contributed by atoms with E-state index in [1.807, 2.05) is 18.2 Å². The van der Waals surface area contributed by atoms with Crippen LogP contribution in [0.2, 0.25) is 10.0 Å². The SMILES string of the molecule is COc1ccc2[nH]c(=S)n(-c3cc(Cl)c(F)c(Cl)c3)c2c1. The van der Waals surface area contributed by atoms with Gasteiger partial charge in [0.1, 0.15) is 5.75 Å². The molecule has 0 aliphatic carbocycles. The molecule has 21 heavy (non-hydrogen) atoms. The first-order valence-electron chi connectivity index (χ1n) is 5.95. The van der Waals surface area contributed by atoms with E-state index in [0.29, 0.717) is 16.2 Å². The fraction of sp³-hybridized carbons (Fsp3) is 0.0714. The molecule has 0 bridgehead atoms. The van der Waals surface area contributed by atoms with Gasteiger partial charge in [-0.2, -0.15) is 0 Å². The Morgan fingerprint density at radius 2 is 1.86 bits per heavy atom. The predicted molar refractivity (Wildman–Crippen MR) is 85.0 cm³/mol. The molecule has 1 heterocycles. The Labute approximate surface area is 134 Å². The van der Waals surface area contributed by atoms with E-state index >= 15 is 0 Å². The van der Waals surface area contributed by atoms with Crippen LogP contribution < -0.4 is 4.74 Å². The highest BCUT2D eigenvalue weighted by Crippen LogP contribution is 2.30. The summed E-state index contributed by atoms with van der Waals surface area (Å²) in [4.78, 5) is 3.07. The van der Waals surface area contributed by atoms with Crippen molar-refractivity contribution in [2.45, 2.75) is 0 Å². The summed E-state index contributed by atoms with van der Waals surface area (Å²) >= 11 is 17.0. The standard InChI is InChI=1S/C14H9Cl2FN2OS/c1-20-8-2-3-11-12(6-8)19(14(21)18-11)7-4-9(15)13(17)10(16)5-7/h2-6H,1H3,(H,18,21). The van der Waals surface area contributed by atoms with Crippen molar-refractivity contribution in [2.24, 2.45) is 0 Å². The van der Waals surface area contributed by atoms with Gasteiger partial charge in [-0.05, 0) is 36.5 Å². The van der Waals surface area contributed by atoms with Crippen LogP contribution >= 0.6 is 35.4 Å². The van der Waals surface area contributed by atoms with Crippen LogP contribution in [0.4, 0.5) is 4.39 Å². The van der Waals surface area contributed by atoms with Crippen LogP contribution in [0.15, 0.2) is 30.3 Å². The van der Waals surface area contributed by atoms with Crippen molar-refractivity contribution >= 4 is 46.5 Å². The third-order valence-electron chi connectivity index (χ3n) is 3.12. The smallest absolute Gasteiger partial charge is 0.182 e. The van der Waals surface area contributed by atoms with E-state index in [1.165, 1.54) is 12.1 Å². The molecule has 108 valence electrons. The molecule has 0 saturated carbocycles. The summed E-state index contributed by atoms with van der Waals surface area (Å²) in [5.74, 6) is 0.0376. The summed E-state index contributed by atoms with van der Waals surface area (Å²) < 4.78 is 21.0. The molecule has 1 N–H and O–H groups in total. The lowest BCUT2D eigenvalue weighted by Gasteiger charge is -2.08. The van der Waals surface area contributed by atoms with E-state index < -0.39 is 5.82 Å². The van der Waals surface area contributed by atoms with E-state index in [1.54, 1.807) is 11.7 Å². The van der Waals surface area contributed by atoms with Crippen LogP contribution in [-0.2, 0) is 0 Å². The zero-order valence-corrected chi connectivity index (χ0v) is 13.1. The van der Waals surface area contributed by atoms with Gasteiger partial charge in [0.2, 0.25) is 0 Å². The maximum absolute atomic E-state index is 13.6. The van der Waals surface area contributed by atoms with Crippen molar-refractivity contribution < 1.29 is 9.13 Å². The molecule has 3 nitrogen and oxygen atoms in total. The molecule has 3 rings (SSSR count). The molecule has 0 saturated heterocycles. The number of nitrogens with one attached hydrogen (secondary N) is 1. The van der Waals surface area contributed by atoms with Crippen molar-refractivity contribution in [1.82, 2.24) is 9.55 Å². The van der Waals surface area contributed by atoms with Crippen molar-refractivity contribution in [3.8, 4) is 11.4 Å². The Bertz CT molecular complexity index is 881. The number of nitrogens with zero attached hydrogens (tertiary/aromatic N) is 1. The minimum atomic E-state index is -0.647. The Morgan fingerprint density at radius 1 is 1.19 bits per heavy atom. The predicted octanol–water partition coefficient (Wildman–Crippen LogP) is 5.14. The average molecular weight is 343 g/mol. The number of hydrogen-bond acceptors (Lipinski definition) is 2. The number of rotatable bonds is 2. The van der Waals surface area contributed by atoms with Gasteiger partial charge in [0, 0.05) is 6.07 Å². The van der Waals surface area contributed by atoms with Crippen molar-refractivity contribution in [3.05, 3.63) is 51.0 Å². The molecule has 7 heteroatoms. The van der Waals surface area contributed by atoms with Crippen LogP contribution in [-0.4, -0.2) is 16.7 Å². The number of benzene rings is 2. The summed E-state index contributed by atoms with van der Waals surface area (Å²) in [6.07, 6.45) is 0. The molecule has 0 aliphatic heterocycles. The summed E-state index contributed by atoms with van der Waals surface area (Å²) in [5.41, 5.74) is 2.20. The van der Waals surface area contributed by atoms with Gasteiger partial charge in [-0.15, -0.1) is 0 Å². The first-order chi connectivity index (χ1) is 10.0.